The second kappa shape index (κ2) is 14.2. The minimum Gasteiger partial charge on any atom is -0.380 e. The molecule has 0 spiro atoms. The summed E-state index contributed by atoms with van der Waals surface area (Å²) in [5.41, 5.74) is 0.792. The Labute approximate surface area is 190 Å². The standard InChI is InChI=1S/C22H38N6O2S/c1-5-9-17(10-6-2)21(29)24-11-13-28-20-18(16-25-28)19(23-12-14-30-8-4)26-22(27-20)31-15-7-3/h16-17H,5-15H2,1-4H3,(H,24,29)(H,23,26,27). The van der Waals surface area contributed by atoms with Crippen molar-refractivity contribution in [2.75, 3.05) is 37.4 Å². The third kappa shape index (κ3) is 7.96. The quantitative estimate of drug-likeness (QED) is 0.226. The zero-order valence-corrected chi connectivity index (χ0v) is 20.3. The van der Waals surface area contributed by atoms with Gasteiger partial charge in [-0.15, -0.1) is 0 Å². The second-order valence-electron chi connectivity index (χ2n) is 7.50. The lowest BCUT2D eigenvalue weighted by Crippen LogP contribution is -2.33. The summed E-state index contributed by atoms with van der Waals surface area (Å²) in [6, 6.07) is 0. The van der Waals surface area contributed by atoms with Gasteiger partial charge in [0.05, 0.1) is 24.7 Å². The molecular weight excluding hydrogens is 412 g/mol. The molecule has 1 amide bonds. The predicted octanol–water partition coefficient (Wildman–Crippen LogP) is 4.11. The number of fused-ring (bicyclic) bond motifs is 1. The first kappa shape index (κ1) is 25.4. The second-order valence-corrected chi connectivity index (χ2v) is 8.56. The third-order valence-corrected chi connectivity index (χ3v) is 5.98. The number of hydrogen-bond donors (Lipinski definition) is 2. The van der Waals surface area contributed by atoms with Crippen LogP contribution in [0.1, 0.15) is 59.8 Å². The molecule has 0 aliphatic heterocycles. The van der Waals surface area contributed by atoms with Crippen LogP contribution >= 0.6 is 11.8 Å². The molecule has 8 nitrogen and oxygen atoms in total. The van der Waals surface area contributed by atoms with E-state index < -0.39 is 0 Å². The number of ether oxygens (including phenoxy) is 1. The van der Waals surface area contributed by atoms with E-state index in [9.17, 15) is 4.79 Å². The average molecular weight is 451 g/mol. The van der Waals surface area contributed by atoms with E-state index in [-0.39, 0.29) is 11.8 Å². The van der Waals surface area contributed by atoms with Crippen molar-refractivity contribution in [1.82, 2.24) is 25.1 Å². The zero-order chi connectivity index (χ0) is 22.5. The molecule has 0 radical (unpaired) electrons. The van der Waals surface area contributed by atoms with Gasteiger partial charge in [-0.25, -0.2) is 14.6 Å². The van der Waals surface area contributed by atoms with Gasteiger partial charge in [-0.2, -0.15) is 5.10 Å². The van der Waals surface area contributed by atoms with Crippen LogP contribution in [-0.4, -0.2) is 57.7 Å². The van der Waals surface area contributed by atoms with Gasteiger partial charge in [0.15, 0.2) is 10.8 Å². The van der Waals surface area contributed by atoms with E-state index in [1.165, 1.54) is 0 Å². The normalized spacial score (nSPS) is 11.4. The van der Waals surface area contributed by atoms with E-state index in [1.54, 1.807) is 18.0 Å². The van der Waals surface area contributed by atoms with Crippen LogP contribution < -0.4 is 10.6 Å². The van der Waals surface area contributed by atoms with E-state index >= 15 is 0 Å². The zero-order valence-electron chi connectivity index (χ0n) is 19.4. The Hall–Kier alpha value is -1.87. The van der Waals surface area contributed by atoms with Gasteiger partial charge in [-0.1, -0.05) is 45.4 Å². The molecule has 0 fully saturated rings. The van der Waals surface area contributed by atoms with E-state index in [0.29, 0.717) is 32.8 Å². The van der Waals surface area contributed by atoms with Gasteiger partial charge in [-0.05, 0) is 26.2 Å². The highest BCUT2D eigenvalue weighted by Crippen LogP contribution is 2.24. The fourth-order valence-electron chi connectivity index (χ4n) is 3.41. The molecule has 2 aromatic rings. The average Bonchev–Trinajstić information content (AvgIpc) is 3.18. The maximum absolute atomic E-state index is 12.5. The Morgan fingerprint density at radius 1 is 1.13 bits per heavy atom. The lowest BCUT2D eigenvalue weighted by Gasteiger charge is -2.15. The Balaban J connectivity index is 2.09. The van der Waals surface area contributed by atoms with Crippen LogP contribution in [-0.2, 0) is 16.1 Å². The number of thioether (sulfide) groups is 1. The van der Waals surface area contributed by atoms with Crippen LogP contribution in [0.3, 0.4) is 0 Å². The highest BCUT2D eigenvalue weighted by atomic mass is 32.2. The van der Waals surface area contributed by atoms with Crippen molar-refractivity contribution in [3.63, 3.8) is 0 Å². The molecule has 31 heavy (non-hydrogen) atoms. The minimum absolute atomic E-state index is 0.102. The molecule has 0 unspecified atom stereocenters. The smallest absolute Gasteiger partial charge is 0.223 e. The molecule has 0 bridgehead atoms. The summed E-state index contributed by atoms with van der Waals surface area (Å²) < 4.78 is 7.28. The number of carbonyl (C=O) groups is 1. The van der Waals surface area contributed by atoms with E-state index in [1.807, 2.05) is 11.6 Å². The molecule has 0 saturated heterocycles. The fraction of sp³-hybridized carbons (Fsp3) is 0.727. The summed E-state index contributed by atoms with van der Waals surface area (Å²) in [5, 5.41) is 12.6. The first-order valence-electron chi connectivity index (χ1n) is 11.6. The van der Waals surface area contributed by atoms with Crippen molar-refractivity contribution in [3.8, 4) is 0 Å². The number of nitrogens with zero attached hydrogens (tertiary/aromatic N) is 4. The van der Waals surface area contributed by atoms with E-state index in [2.05, 4.69) is 41.5 Å². The minimum atomic E-state index is 0.102. The molecule has 2 heterocycles. The van der Waals surface area contributed by atoms with Crippen molar-refractivity contribution in [3.05, 3.63) is 6.20 Å². The molecule has 2 N–H and O–H groups in total. The number of amides is 1. The van der Waals surface area contributed by atoms with Gasteiger partial charge in [0.2, 0.25) is 5.91 Å². The highest BCUT2D eigenvalue weighted by Gasteiger charge is 2.17. The third-order valence-electron chi connectivity index (χ3n) is 4.92. The SMILES string of the molecule is CCCSc1nc(NCCOCC)c2cnn(CCNC(=O)C(CCC)CCC)c2n1. The van der Waals surface area contributed by atoms with Crippen LogP contribution in [0.4, 0.5) is 5.82 Å². The molecule has 0 atom stereocenters. The molecule has 2 aromatic heterocycles. The molecule has 2 rings (SSSR count). The molecule has 0 aliphatic rings. The predicted molar refractivity (Wildman–Crippen MR) is 128 cm³/mol. The van der Waals surface area contributed by atoms with E-state index in [4.69, 9.17) is 9.72 Å². The molecule has 0 aliphatic carbocycles. The van der Waals surface area contributed by atoms with Crippen LogP contribution in [0.5, 0.6) is 0 Å². The molecule has 9 heteroatoms. The first-order chi connectivity index (χ1) is 15.1. The highest BCUT2D eigenvalue weighted by molar-refractivity contribution is 7.99. The molecule has 0 saturated carbocycles. The van der Waals surface area contributed by atoms with Crippen molar-refractivity contribution in [2.24, 2.45) is 5.92 Å². The van der Waals surface area contributed by atoms with Gasteiger partial charge < -0.3 is 15.4 Å². The van der Waals surface area contributed by atoms with Gasteiger partial charge in [0.25, 0.3) is 0 Å². The lowest BCUT2D eigenvalue weighted by atomic mass is 9.97. The fourth-order valence-corrected chi connectivity index (χ4v) is 4.10. The maximum Gasteiger partial charge on any atom is 0.223 e. The van der Waals surface area contributed by atoms with Gasteiger partial charge in [0, 0.05) is 31.4 Å². The lowest BCUT2D eigenvalue weighted by molar-refractivity contribution is -0.125. The number of hydrogen-bond acceptors (Lipinski definition) is 7. The largest absolute Gasteiger partial charge is 0.380 e. The maximum atomic E-state index is 12.5. The van der Waals surface area contributed by atoms with Gasteiger partial charge in [0.1, 0.15) is 5.82 Å². The Morgan fingerprint density at radius 2 is 1.90 bits per heavy atom. The Morgan fingerprint density at radius 3 is 2.58 bits per heavy atom. The van der Waals surface area contributed by atoms with Crippen molar-refractivity contribution in [2.45, 2.75) is 71.5 Å². The van der Waals surface area contributed by atoms with Crippen LogP contribution in [0.25, 0.3) is 11.0 Å². The number of aromatic nitrogens is 4. The summed E-state index contributed by atoms with van der Waals surface area (Å²) in [6.45, 7) is 11.5. The summed E-state index contributed by atoms with van der Waals surface area (Å²) in [7, 11) is 0. The monoisotopic (exact) mass is 450 g/mol. The van der Waals surface area contributed by atoms with Crippen molar-refractivity contribution < 1.29 is 9.53 Å². The Bertz CT molecular complexity index is 792. The molecule has 174 valence electrons. The summed E-state index contributed by atoms with van der Waals surface area (Å²) in [5.74, 6) is 1.99. The van der Waals surface area contributed by atoms with Crippen LogP contribution in [0, 0.1) is 5.92 Å². The van der Waals surface area contributed by atoms with Crippen LogP contribution in [0.2, 0.25) is 0 Å². The topological polar surface area (TPSA) is 94.0 Å². The summed E-state index contributed by atoms with van der Waals surface area (Å²) in [6.07, 6.45) is 6.78. The number of carbonyl (C=O) groups excluding carboxylic acids is 1. The van der Waals surface area contributed by atoms with Gasteiger partial charge >= 0.3 is 0 Å². The van der Waals surface area contributed by atoms with E-state index in [0.717, 1.165) is 59.9 Å². The molecule has 0 aromatic carbocycles. The Kier molecular flexibility index (Phi) is 11.7. The number of nitrogens with one attached hydrogen (secondary N) is 2. The van der Waals surface area contributed by atoms with Crippen LogP contribution in [0.15, 0.2) is 11.4 Å². The van der Waals surface area contributed by atoms with Gasteiger partial charge in [-0.3, -0.25) is 4.79 Å². The molecular formula is C22H38N6O2S. The first-order valence-corrected chi connectivity index (χ1v) is 12.6. The number of rotatable bonds is 16. The van der Waals surface area contributed by atoms with Crippen molar-refractivity contribution in [1.29, 1.82) is 0 Å². The summed E-state index contributed by atoms with van der Waals surface area (Å²) >= 11 is 1.64. The summed E-state index contributed by atoms with van der Waals surface area (Å²) in [4.78, 5) is 21.9. The number of anilines is 1. The van der Waals surface area contributed by atoms with Crippen molar-refractivity contribution >= 4 is 34.5 Å².